The van der Waals surface area contributed by atoms with Gasteiger partial charge in [-0.05, 0) is 31.0 Å². The lowest BCUT2D eigenvalue weighted by Crippen LogP contribution is -2.31. The average molecular weight is 291 g/mol. The van der Waals surface area contributed by atoms with E-state index < -0.39 is 5.97 Å². The summed E-state index contributed by atoms with van der Waals surface area (Å²) < 4.78 is 5.45. The van der Waals surface area contributed by atoms with E-state index in [1.54, 1.807) is 18.2 Å². The van der Waals surface area contributed by atoms with Gasteiger partial charge in [-0.15, -0.1) is 0 Å². The summed E-state index contributed by atoms with van der Waals surface area (Å²) in [5.74, 6) is -1.14. The van der Waals surface area contributed by atoms with Crippen LogP contribution in [0.2, 0.25) is 0 Å². The van der Waals surface area contributed by atoms with Crippen molar-refractivity contribution in [2.24, 2.45) is 0 Å². The number of rotatable bonds is 7. The summed E-state index contributed by atoms with van der Waals surface area (Å²) in [6, 6.07) is 4.82. The van der Waals surface area contributed by atoms with Crippen LogP contribution in [-0.2, 0) is 4.79 Å². The Bertz CT molecular complexity index is 581. The predicted octanol–water partition coefficient (Wildman–Crippen LogP) is 1.94. The molecule has 112 valence electrons. The molecule has 0 radical (unpaired) electrons. The molecule has 0 spiro atoms. The van der Waals surface area contributed by atoms with Crippen LogP contribution in [0.1, 0.15) is 46.9 Å². The lowest BCUT2D eigenvalue weighted by molar-refractivity contribution is -0.137. The van der Waals surface area contributed by atoms with Gasteiger partial charge in [0.25, 0.3) is 11.8 Å². The second-order valence-electron chi connectivity index (χ2n) is 4.82. The molecule has 6 nitrogen and oxygen atoms in total. The second-order valence-corrected chi connectivity index (χ2v) is 4.82. The number of hydrogen-bond acceptors (Lipinski definition) is 4. The monoisotopic (exact) mass is 291 g/mol. The fraction of sp³-hybridized carbons (Fsp3) is 0.400. The molecular weight excluding hydrogens is 274 g/mol. The maximum atomic E-state index is 12.2. The third-order valence-corrected chi connectivity index (χ3v) is 3.19. The molecule has 0 fully saturated rings. The molecule has 0 unspecified atom stereocenters. The van der Waals surface area contributed by atoms with Crippen molar-refractivity contribution in [2.45, 2.75) is 26.2 Å². The molecule has 2 amide bonds. The van der Waals surface area contributed by atoms with Crippen molar-refractivity contribution in [1.29, 1.82) is 0 Å². The van der Waals surface area contributed by atoms with E-state index in [-0.39, 0.29) is 31.2 Å². The lowest BCUT2D eigenvalue weighted by atomic mass is 10.1. The van der Waals surface area contributed by atoms with Crippen molar-refractivity contribution < 1.29 is 24.2 Å². The third-order valence-electron chi connectivity index (χ3n) is 3.19. The Morgan fingerprint density at radius 1 is 1.24 bits per heavy atom. The van der Waals surface area contributed by atoms with Gasteiger partial charge in [-0.25, -0.2) is 0 Å². The summed E-state index contributed by atoms with van der Waals surface area (Å²) in [7, 11) is 0. The topological polar surface area (TPSA) is 83.9 Å². The zero-order valence-electron chi connectivity index (χ0n) is 11.8. The Kier molecular flexibility index (Phi) is 4.57. The Balaban J connectivity index is 2.11. The summed E-state index contributed by atoms with van der Waals surface area (Å²) in [4.78, 5) is 35.9. The first-order valence-corrected chi connectivity index (χ1v) is 6.89. The highest BCUT2D eigenvalue weighted by Crippen LogP contribution is 2.27. The number of amides is 2. The first-order valence-electron chi connectivity index (χ1n) is 6.89. The molecule has 0 aromatic heterocycles. The van der Waals surface area contributed by atoms with Crippen LogP contribution in [0, 0.1) is 0 Å². The van der Waals surface area contributed by atoms with E-state index >= 15 is 0 Å². The third kappa shape index (κ3) is 3.21. The van der Waals surface area contributed by atoms with E-state index in [1.165, 1.54) is 0 Å². The lowest BCUT2D eigenvalue weighted by Gasteiger charge is -2.12. The van der Waals surface area contributed by atoms with Crippen molar-refractivity contribution in [3.8, 4) is 5.75 Å². The van der Waals surface area contributed by atoms with Crippen molar-refractivity contribution in [3.05, 3.63) is 29.3 Å². The molecular formula is C15H17NO5. The highest BCUT2D eigenvalue weighted by molar-refractivity contribution is 6.21. The highest BCUT2D eigenvalue weighted by Gasteiger charge is 2.35. The van der Waals surface area contributed by atoms with Crippen molar-refractivity contribution in [2.75, 3.05) is 13.2 Å². The molecule has 1 aromatic carbocycles. The minimum Gasteiger partial charge on any atom is -0.494 e. The fourth-order valence-corrected chi connectivity index (χ4v) is 2.17. The van der Waals surface area contributed by atoms with Gasteiger partial charge in [0, 0.05) is 13.0 Å². The number of benzene rings is 1. The van der Waals surface area contributed by atoms with Crippen LogP contribution in [0.15, 0.2) is 18.2 Å². The van der Waals surface area contributed by atoms with Crippen molar-refractivity contribution in [1.82, 2.24) is 4.90 Å². The van der Waals surface area contributed by atoms with E-state index in [0.29, 0.717) is 23.5 Å². The number of carbonyl (C=O) groups is 3. The van der Waals surface area contributed by atoms with E-state index in [9.17, 15) is 14.4 Å². The van der Waals surface area contributed by atoms with Crippen LogP contribution >= 0.6 is 0 Å². The maximum Gasteiger partial charge on any atom is 0.303 e. The van der Waals surface area contributed by atoms with Gasteiger partial charge in [-0.1, -0.05) is 6.92 Å². The molecule has 1 aliphatic heterocycles. The van der Waals surface area contributed by atoms with E-state index in [4.69, 9.17) is 9.84 Å². The molecule has 0 aliphatic carbocycles. The molecule has 21 heavy (non-hydrogen) atoms. The zero-order chi connectivity index (χ0) is 15.4. The van der Waals surface area contributed by atoms with Gasteiger partial charge in [0.2, 0.25) is 0 Å². The largest absolute Gasteiger partial charge is 0.494 e. The fourth-order valence-electron chi connectivity index (χ4n) is 2.17. The molecule has 1 aromatic rings. The first kappa shape index (κ1) is 15.0. The number of imide groups is 1. The number of aliphatic carboxylic acids is 1. The van der Waals surface area contributed by atoms with Gasteiger partial charge in [-0.2, -0.15) is 0 Å². The van der Waals surface area contributed by atoms with Crippen LogP contribution in [0.4, 0.5) is 0 Å². The molecule has 6 heteroatoms. The summed E-state index contributed by atoms with van der Waals surface area (Å²) in [6.07, 6.45) is 1.03. The normalized spacial score (nSPS) is 13.5. The van der Waals surface area contributed by atoms with Crippen LogP contribution in [0.25, 0.3) is 0 Å². The number of carboxylic acids is 1. The van der Waals surface area contributed by atoms with E-state index in [1.807, 2.05) is 6.92 Å². The van der Waals surface area contributed by atoms with E-state index in [2.05, 4.69) is 0 Å². The number of ether oxygens (including phenoxy) is 1. The minimum atomic E-state index is -0.943. The summed E-state index contributed by atoms with van der Waals surface area (Å²) in [6.45, 7) is 2.64. The molecule has 1 heterocycles. The SMILES string of the molecule is CCCOc1ccc2c(c1)C(=O)N(CCCC(=O)O)C2=O. The average Bonchev–Trinajstić information content (AvgIpc) is 2.69. The molecule has 1 N–H and O–H groups in total. The molecule has 0 saturated heterocycles. The molecule has 2 rings (SSSR count). The van der Waals surface area contributed by atoms with Gasteiger partial charge in [-0.3, -0.25) is 19.3 Å². The maximum absolute atomic E-state index is 12.2. The van der Waals surface area contributed by atoms with Crippen molar-refractivity contribution >= 4 is 17.8 Å². The number of carboxylic acid groups (broad SMARTS) is 1. The molecule has 0 atom stereocenters. The zero-order valence-corrected chi connectivity index (χ0v) is 11.8. The van der Waals surface area contributed by atoms with Gasteiger partial charge in [0.1, 0.15) is 5.75 Å². The molecule has 1 aliphatic rings. The Morgan fingerprint density at radius 2 is 1.95 bits per heavy atom. The smallest absolute Gasteiger partial charge is 0.303 e. The van der Waals surface area contributed by atoms with Crippen LogP contribution in [0.5, 0.6) is 5.75 Å². The van der Waals surface area contributed by atoms with Gasteiger partial charge < -0.3 is 9.84 Å². The first-order chi connectivity index (χ1) is 10.0. The number of hydrogen-bond donors (Lipinski definition) is 1. The van der Waals surface area contributed by atoms with Gasteiger partial charge >= 0.3 is 5.97 Å². The van der Waals surface area contributed by atoms with Crippen LogP contribution in [0.3, 0.4) is 0 Å². The molecule has 0 bridgehead atoms. The van der Waals surface area contributed by atoms with Crippen LogP contribution in [-0.4, -0.2) is 40.9 Å². The highest BCUT2D eigenvalue weighted by atomic mass is 16.5. The molecule has 0 saturated carbocycles. The number of fused-ring (bicyclic) bond motifs is 1. The van der Waals surface area contributed by atoms with Crippen LogP contribution < -0.4 is 4.74 Å². The predicted molar refractivity (Wildman–Crippen MR) is 74.5 cm³/mol. The van der Waals surface area contributed by atoms with Gasteiger partial charge in [0.15, 0.2) is 0 Å². The number of carbonyl (C=O) groups excluding carboxylic acids is 2. The quantitative estimate of drug-likeness (QED) is 0.776. The van der Waals surface area contributed by atoms with Gasteiger partial charge in [0.05, 0.1) is 17.7 Å². The van der Waals surface area contributed by atoms with Crippen molar-refractivity contribution in [3.63, 3.8) is 0 Å². The Labute approximate surface area is 122 Å². The standard InChI is InChI=1S/C15H17NO5/c1-2-8-21-10-5-6-11-12(9-10)15(20)16(14(11)19)7-3-4-13(17)18/h5-6,9H,2-4,7-8H2,1H3,(H,17,18). The summed E-state index contributed by atoms with van der Waals surface area (Å²) in [5, 5.41) is 8.61. The summed E-state index contributed by atoms with van der Waals surface area (Å²) >= 11 is 0. The number of nitrogens with zero attached hydrogens (tertiary/aromatic N) is 1. The summed E-state index contributed by atoms with van der Waals surface area (Å²) in [5.41, 5.74) is 0.670. The Hall–Kier alpha value is -2.37. The second kappa shape index (κ2) is 6.39. The Morgan fingerprint density at radius 3 is 2.62 bits per heavy atom. The van der Waals surface area contributed by atoms with E-state index in [0.717, 1.165) is 11.3 Å². The minimum absolute atomic E-state index is 0.0712.